The normalized spacial score (nSPS) is 11.9. The maximum Gasteiger partial charge on any atom is 0.264 e. The number of nitrogens with one attached hydrogen (secondary N) is 1. The zero-order chi connectivity index (χ0) is 31.5. The van der Waals surface area contributed by atoms with Crippen molar-refractivity contribution >= 4 is 27.5 Å². The number of carbonyl (C=O) groups excluding carboxylic acids is 2. The van der Waals surface area contributed by atoms with Crippen LogP contribution >= 0.6 is 0 Å². The third-order valence-corrected chi connectivity index (χ3v) is 9.12. The molecule has 0 radical (unpaired) electrons. The molecule has 230 valence electrons. The van der Waals surface area contributed by atoms with Crippen LogP contribution in [0.25, 0.3) is 0 Å². The molecule has 0 aliphatic heterocycles. The molecule has 44 heavy (non-hydrogen) atoms. The summed E-state index contributed by atoms with van der Waals surface area (Å²) in [6.45, 7) is 3.78. The third kappa shape index (κ3) is 8.32. The molecule has 0 saturated heterocycles. The Labute approximate surface area is 259 Å². The Kier molecular flexibility index (Phi) is 11.3. The number of benzene rings is 4. The molecule has 1 atom stereocenters. The van der Waals surface area contributed by atoms with E-state index in [1.807, 2.05) is 56.3 Å². The van der Waals surface area contributed by atoms with Gasteiger partial charge < -0.3 is 10.2 Å². The molecular formula is C35H38FN3O4S. The molecule has 0 spiro atoms. The second kappa shape index (κ2) is 15.3. The number of sulfonamides is 1. The average molecular weight is 616 g/mol. The number of anilines is 1. The molecule has 0 unspecified atom stereocenters. The highest BCUT2D eigenvalue weighted by molar-refractivity contribution is 7.92. The number of hydrogen-bond donors (Lipinski definition) is 1. The second-order valence-electron chi connectivity index (χ2n) is 10.5. The number of rotatable bonds is 14. The first kappa shape index (κ1) is 32.4. The fraction of sp³-hybridized carbons (Fsp3) is 0.257. The first-order valence-electron chi connectivity index (χ1n) is 14.7. The van der Waals surface area contributed by atoms with Crippen LogP contribution in [0.3, 0.4) is 0 Å². The zero-order valence-corrected chi connectivity index (χ0v) is 25.8. The molecule has 0 aliphatic rings. The second-order valence-corrected chi connectivity index (χ2v) is 12.4. The summed E-state index contributed by atoms with van der Waals surface area (Å²) in [6, 6.07) is 29.1. The molecule has 0 bridgehead atoms. The van der Waals surface area contributed by atoms with Crippen molar-refractivity contribution in [2.24, 2.45) is 0 Å². The lowest BCUT2D eigenvalue weighted by molar-refractivity contribution is -0.140. The molecule has 0 saturated carbocycles. The molecule has 4 aromatic carbocycles. The van der Waals surface area contributed by atoms with Crippen molar-refractivity contribution in [1.82, 2.24) is 10.2 Å². The van der Waals surface area contributed by atoms with Crippen LogP contribution in [0.15, 0.2) is 114 Å². The van der Waals surface area contributed by atoms with Crippen LogP contribution in [0.1, 0.15) is 37.0 Å². The topological polar surface area (TPSA) is 86.8 Å². The molecular weight excluding hydrogens is 577 g/mol. The van der Waals surface area contributed by atoms with E-state index in [1.54, 1.807) is 42.5 Å². The summed E-state index contributed by atoms with van der Waals surface area (Å²) in [7, 11) is -4.16. The summed E-state index contributed by atoms with van der Waals surface area (Å²) in [5.41, 5.74) is 2.79. The zero-order valence-electron chi connectivity index (χ0n) is 25.0. The Morgan fingerprint density at radius 3 is 1.95 bits per heavy atom. The Hall–Kier alpha value is -4.50. The maximum absolute atomic E-state index is 14.4. The van der Waals surface area contributed by atoms with Crippen LogP contribution in [0, 0.1) is 5.82 Å². The van der Waals surface area contributed by atoms with Gasteiger partial charge in [0.2, 0.25) is 11.8 Å². The van der Waals surface area contributed by atoms with Crippen LogP contribution in [-0.4, -0.2) is 44.3 Å². The molecule has 9 heteroatoms. The van der Waals surface area contributed by atoms with E-state index in [4.69, 9.17) is 0 Å². The molecule has 4 rings (SSSR count). The van der Waals surface area contributed by atoms with Crippen molar-refractivity contribution in [1.29, 1.82) is 0 Å². The number of hydrogen-bond acceptors (Lipinski definition) is 4. The molecule has 0 aliphatic carbocycles. The van der Waals surface area contributed by atoms with Gasteiger partial charge in [0, 0.05) is 19.5 Å². The standard InChI is InChI=1S/C35H38FN3O4S/c1-3-23-37-35(41)33(24-28-11-7-5-8-12-28)38(25-29-15-19-30(36)20-16-29)34(40)26-39(31-21-17-27(4-2)18-22-31)44(42,43)32-13-9-6-10-14-32/h5-22,33H,3-4,23-26H2,1-2H3,(H,37,41)/t33-/m0/s1. The van der Waals surface area contributed by atoms with Gasteiger partial charge in [-0.1, -0.05) is 86.6 Å². The Morgan fingerprint density at radius 1 is 0.773 bits per heavy atom. The van der Waals surface area contributed by atoms with Crippen molar-refractivity contribution < 1.29 is 22.4 Å². The van der Waals surface area contributed by atoms with Crippen molar-refractivity contribution in [3.05, 3.63) is 132 Å². The highest BCUT2D eigenvalue weighted by Gasteiger charge is 2.34. The largest absolute Gasteiger partial charge is 0.354 e. The summed E-state index contributed by atoms with van der Waals surface area (Å²) in [5, 5.41) is 2.91. The Morgan fingerprint density at radius 2 is 1.36 bits per heavy atom. The van der Waals surface area contributed by atoms with Gasteiger partial charge in [-0.2, -0.15) is 0 Å². The third-order valence-electron chi connectivity index (χ3n) is 7.33. The lowest BCUT2D eigenvalue weighted by Gasteiger charge is -2.34. The minimum absolute atomic E-state index is 0.0237. The van der Waals surface area contributed by atoms with Gasteiger partial charge in [-0.25, -0.2) is 12.8 Å². The predicted octanol–water partition coefficient (Wildman–Crippen LogP) is 5.75. The lowest BCUT2D eigenvalue weighted by atomic mass is 10.0. The number of amides is 2. The molecule has 7 nitrogen and oxygen atoms in total. The van der Waals surface area contributed by atoms with E-state index in [0.717, 1.165) is 21.9 Å². The number of carbonyl (C=O) groups is 2. The van der Waals surface area contributed by atoms with Gasteiger partial charge in [-0.15, -0.1) is 0 Å². The van der Waals surface area contributed by atoms with Crippen molar-refractivity contribution in [3.8, 4) is 0 Å². The predicted molar refractivity (Wildman–Crippen MR) is 171 cm³/mol. The van der Waals surface area contributed by atoms with E-state index in [1.165, 1.54) is 29.2 Å². The minimum atomic E-state index is -4.16. The first-order valence-corrected chi connectivity index (χ1v) is 16.2. The number of aryl methyl sites for hydroxylation is 1. The minimum Gasteiger partial charge on any atom is -0.354 e. The summed E-state index contributed by atoms with van der Waals surface area (Å²) >= 11 is 0. The van der Waals surface area contributed by atoms with E-state index in [0.29, 0.717) is 24.2 Å². The Balaban J connectivity index is 1.78. The molecule has 4 aromatic rings. The monoisotopic (exact) mass is 615 g/mol. The van der Waals surface area contributed by atoms with Gasteiger partial charge in [0.1, 0.15) is 18.4 Å². The van der Waals surface area contributed by atoms with Crippen LogP contribution in [0.4, 0.5) is 10.1 Å². The summed E-state index contributed by atoms with van der Waals surface area (Å²) in [5.74, 6) is -1.35. The van der Waals surface area contributed by atoms with Crippen LogP contribution in [-0.2, 0) is 39.0 Å². The Bertz CT molecular complexity index is 1610. The van der Waals surface area contributed by atoms with Gasteiger partial charge in [-0.3, -0.25) is 13.9 Å². The summed E-state index contributed by atoms with van der Waals surface area (Å²) < 4.78 is 42.9. The van der Waals surface area contributed by atoms with Gasteiger partial charge >= 0.3 is 0 Å². The smallest absolute Gasteiger partial charge is 0.264 e. The lowest BCUT2D eigenvalue weighted by Crippen LogP contribution is -2.53. The molecule has 0 heterocycles. The van der Waals surface area contributed by atoms with Crippen molar-refractivity contribution in [3.63, 3.8) is 0 Å². The molecule has 2 amide bonds. The maximum atomic E-state index is 14.4. The fourth-order valence-electron chi connectivity index (χ4n) is 4.85. The molecule has 0 fully saturated rings. The van der Waals surface area contributed by atoms with Gasteiger partial charge in [0.15, 0.2) is 0 Å². The van der Waals surface area contributed by atoms with Crippen molar-refractivity contribution in [2.75, 3.05) is 17.4 Å². The van der Waals surface area contributed by atoms with E-state index in [-0.39, 0.29) is 23.8 Å². The van der Waals surface area contributed by atoms with Crippen molar-refractivity contribution in [2.45, 2.75) is 50.6 Å². The quantitative estimate of drug-likeness (QED) is 0.196. The summed E-state index contributed by atoms with van der Waals surface area (Å²) in [4.78, 5) is 29.5. The first-order chi connectivity index (χ1) is 21.2. The molecule has 1 N–H and O–H groups in total. The number of nitrogens with zero attached hydrogens (tertiary/aromatic N) is 2. The van der Waals surface area contributed by atoms with Crippen LogP contribution in [0.5, 0.6) is 0 Å². The van der Waals surface area contributed by atoms with E-state index in [9.17, 15) is 22.4 Å². The van der Waals surface area contributed by atoms with Crippen LogP contribution < -0.4 is 9.62 Å². The van der Waals surface area contributed by atoms with E-state index >= 15 is 0 Å². The van der Waals surface area contributed by atoms with E-state index in [2.05, 4.69) is 5.32 Å². The summed E-state index contributed by atoms with van der Waals surface area (Å²) in [6.07, 6.45) is 1.68. The highest BCUT2D eigenvalue weighted by Crippen LogP contribution is 2.25. The fourth-order valence-corrected chi connectivity index (χ4v) is 6.29. The average Bonchev–Trinajstić information content (AvgIpc) is 3.05. The van der Waals surface area contributed by atoms with Gasteiger partial charge in [0.25, 0.3) is 10.0 Å². The highest BCUT2D eigenvalue weighted by atomic mass is 32.2. The molecule has 0 aromatic heterocycles. The van der Waals surface area contributed by atoms with Gasteiger partial charge in [-0.05, 0) is 65.9 Å². The SMILES string of the molecule is CCCNC(=O)[C@H](Cc1ccccc1)N(Cc1ccc(F)cc1)C(=O)CN(c1ccc(CC)cc1)S(=O)(=O)c1ccccc1. The van der Waals surface area contributed by atoms with E-state index < -0.39 is 34.3 Å². The van der Waals surface area contributed by atoms with Crippen LogP contribution in [0.2, 0.25) is 0 Å². The van der Waals surface area contributed by atoms with Gasteiger partial charge in [0.05, 0.1) is 10.6 Å². The number of halogens is 1.